The van der Waals surface area contributed by atoms with Gasteiger partial charge in [0.05, 0.1) is 0 Å². The molecule has 1 aromatic heterocycles. The minimum absolute atomic E-state index is 0.110. The van der Waals surface area contributed by atoms with Gasteiger partial charge in [-0.3, -0.25) is 0 Å². The number of pyridine rings is 1. The summed E-state index contributed by atoms with van der Waals surface area (Å²) in [5.74, 6) is 1.44. The molecule has 112 valence electrons. The lowest BCUT2D eigenvalue weighted by Crippen LogP contribution is -2.12. The fraction of sp³-hybridized carbons (Fsp3) is 0.389. The average Bonchev–Trinajstić information content (AvgIpc) is 2.47. The SMILES string of the molecule is CNC(C)c1ccc(Oc2cccc(C(C)(C)C)c2)nc1. The Balaban J connectivity index is 2.15. The van der Waals surface area contributed by atoms with Gasteiger partial charge in [0.15, 0.2) is 0 Å². The van der Waals surface area contributed by atoms with Crippen molar-refractivity contribution in [1.29, 1.82) is 0 Å². The smallest absolute Gasteiger partial charge is 0.219 e. The van der Waals surface area contributed by atoms with E-state index >= 15 is 0 Å². The summed E-state index contributed by atoms with van der Waals surface area (Å²) in [5, 5.41) is 3.19. The Kier molecular flexibility index (Phi) is 4.63. The molecule has 0 saturated heterocycles. The quantitative estimate of drug-likeness (QED) is 0.900. The van der Waals surface area contributed by atoms with Crippen LogP contribution in [0.2, 0.25) is 0 Å². The molecular weight excluding hydrogens is 260 g/mol. The third-order valence-electron chi connectivity index (χ3n) is 3.61. The van der Waals surface area contributed by atoms with E-state index in [-0.39, 0.29) is 11.5 Å². The number of rotatable bonds is 4. The summed E-state index contributed by atoms with van der Waals surface area (Å²) in [6, 6.07) is 12.4. The summed E-state index contributed by atoms with van der Waals surface area (Å²) in [5.41, 5.74) is 2.51. The minimum Gasteiger partial charge on any atom is -0.439 e. The van der Waals surface area contributed by atoms with E-state index in [1.807, 2.05) is 37.5 Å². The maximum atomic E-state index is 5.85. The fourth-order valence-corrected chi connectivity index (χ4v) is 2.02. The molecule has 1 atom stereocenters. The molecule has 21 heavy (non-hydrogen) atoms. The number of ether oxygens (including phenoxy) is 1. The van der Waals surface area contributed by atoms with Crippen LogP contribution in [0, 0.1) is 0 Å². The normalized spacial score (nSPS) is 13.0. The van der Waals surface area contributed by atoms with Gasteiger partial charge in [-0.1, -0.05) is 39.0 Å². The first-order valence-electron chi connectivity index (χ1n) is 7.32. The summed E-state index contributed by atoms with van der Waals surface area (Å²) in [4.78, 5) is 4.37. The lowest BCUT2D eigenvalue weighted by atomic mass is 9.87. The number of benzene rings is 1. The Hall–Kier alpha value is -1.87. The number of nitrogens with one attached hydrogen (secondary N) is 1. The van der Waals surface area contributed by atoms with E-state index in [1.54, 1.807) is 0 Å². The summed E-state index contributed by atoms with van der Waals surface area (Å²) in [6.45, 7) is 8.68. The molecule has 3 heteroatoms. The number of nitrogens with zero attached hydrogens (tertiary/aromatic N) is 1. The van der Waals surface area contributed by atoms with Crippen LogP contribution < -0.4 is 10.1 Å². The second-order valence-electron chi connectivity index (χ2n) is 6.32. The summed E-state index contributed by atoms with van der Waals surface area (Å²) in [7, 11) is 1.94. The van der Waals surface area contributed by atoms with Crippen molar-refractivity contribution in [3.63, 3.8) is 0 Å². The van der Waals surface area contributed by atoms with E-state index in [2.05, 4.69) is 50.1 Å². The van der Waals surface area contributed by atoms with Gasteiger partial charge in [0.25, 0.3) is 0 Å². The fourth-order valence-electron chi connectivity index (χ4n) is 2.02. The molecule has 0 saturated carbocycles. The molecule has 0 spiro atoms. The summed E-state index contributed by atoms with van der Waals surface area (Å²) >= 11 is 0. The Morgan fingerprint density at radius 3 is 2.48 bits per heavy atom. The van der Waals surface area contributed by atoms with Crippen LogP contribution in [0.15, 0.2) is 42.6 Å². The highest BCUT2D eigenvalue weighted by Gasteiger charge is 2.14. The van der Waals surface area contributed by atoms with Crippen molar-refractivity contribution in [3.05, 3.63) is 53.7 Å². The van der Waals surface area contributed by atoms with Crippen LogP contribution in [0.1, 0.15) is 44.9 Å². The van der Waals surface area contributed by atoms with Gasteiger partial charge in [0.1, 0.15) is 5.75 Å². The first-order valence-corrected chi connectivity index (χ1v) is 7.32. The van der Waals surface area contributed by atoms with Gasteiger partial charge >= 0.3 is 0 Å². The van der Waals surface area contributed by atoms with Crippen molar-refractivity contribution in [3.8, 4) is 11.6 Å². The lowest BCUT2D eigenvalue weighted by Gasteiger charge is -2.19. The van der Waals surface area contributed by atoms with Gasteiger partial charge in [0.2, 0.25) is 5.88 Å². The van der Waals surface area contributed by atoms with Crippen molar-refractivity contribution >= 4 is 0 Å². The Morgan fingerprint density at radius 2 is 1.90 bits per heavy atom. The van der Waals surface area contributed by atoms with Crippen LogP contribution in [0.5, 0.6) is 11.6 Å². The van der Waals surface area contributed by atoms with Crippen molar-refractivity contribution in [2.24, 2.45) is 0 Å². The van der Waals surface area contributed by atoms with Crippen LogP contribution in [0.3, 0.4) is 0 Å². The molecule has 2 aromatic rings. The molecule has 0 fully saturated rings. The maximum Gasteiger partial charge on any atom is 0.219 e. The highest BCUT2D eigenvalue weighted by atomic mass is 16.5. The summed E-state index contributed by atoms with van der Waals surface area (Å²) in [6.07, 6.45) is 1.85. The van der Waals surface area contributed by atoms with E-state index in [0.717, 1.165) is 11.3 Å². The predicted octanol–water partition coefficient (Wildman–Crippen LogP) is 4.45. The van der Waals surface area contributed by atoms with E-state index in [0.29, 0.717) is 5.88 Å². The van der Waals surface area contributed by atoms with Crippen molar-refractivity contribution < 1.29 is 4.74 Å². The second kappa shape index (κ2) is 6.27. The van der Waals surface area contributed by atoms with Gasteiger partial charge < -0.3 is 10.1 Å². The first kappa shape index (κ1) is 15.5. The Morgan fingerprint density at radius 1 is 1.14 bits per heavy atom. The number of hydrogen-bond donors (Lipinski definition) is 1. The molecule has 3 nitrogen and oxygen atoms in total. The van der Waals surface area contributed by atoms with E-state index in [4.69, 9.17) is 4.74 Å². The molecule has 1 unspecified atom stereocenters. The van der Waals surface area contributed by atoms with Crippen LogP contribution in [0.4, 0.5) is 0 Å². The van der Waals surface area contributed by atoms with Crippen LogP contribution >= 0.6 is 0 Å². The molecule has 1 N–H and O–H groups in total. The van der Waals surface area contributed by atoms with Crippen molar-refractivity contribution in [2.45, 2.75) is 39.2 Å². The zero-order valence-electron chi connectivity index (χ0n) is 13.5. The summed E-state index contributed by atoms with van der Waals surface area (Å²) < 4.78 is 5.85. The lowest BCUT2D eigenvalue weighted by molar-refractivity contribution is 0.458. The van der Waals surface area contributed by atoms with Gasteiger partial charge in [0, 0.05) is 18.3 Å². The molecule has 1 aromatic carbocycles. The molecule has 2 rings (SSSR count). The molecule has 0 aliphatic rings. The van der Waals surface area contributed by atoms with Gasteiger partial charge in [-0.15, -0.1) is 0 Å². The molecule has 1 heterocycles. The van der Waals surface area contributed by atoms with Crippen LogP contribution in [-0.4, -0.2) is 12.0 Å². The molecule has 0 amide bonds. The molecule has 0 aliphatic heterocycles. The zero-order chi connectivity index (χ0) is 15.5. The van der Waals surface area contributed by atoms with E-state index in [1.165, 1.54) is 5.56 Å². The Labute approximate surface area is 127 Å². The van der Waals surface area contributed by atoms with Gasteiger partial charge in [-0.05, 0) is 42.6 Å². The van der Waals surface area contributed by atoms with Crippen molar-refractivity contribution in [1.82, 2.24) is 10.3 Å². The van der Waals surface area contributed by atoms with Crippen molar-refractivity contribution in [2.75, 3.05) is 7.05 Å². The van der Waals surface area contributed by atoms with Crippen LogP contribution in [0.25, 0.3) is 0 Å². The molecule has 0 bridgehead atoms. The van der Waals surface area contributed by atoms with E-state index in [9.17, 15) is 0 Å². The third kappa shape index (κ3) is 4.05. The monoisotopic (exact) mass is 284 g/mol. The topological polar surface area (TPSA) is 34.1 Å². The van der Waals surface area contributed by atoms with Gasteiger partial charge in [-0.25, -0.2) is 4.98 Å². The zero-order valence-corrected chi connectivity index (χ0v) is 13.5. The minimum atomic E-state index is 0.110. The van der Waals surface area contributed by atoms with E-state index < -0.39 is 0 Å². The highest BCUT2D eigenvalue weighted by Crippen LogP contribution is 2.28. The Bertz CT molecular complexity index is 585. The molecular formula is C18H24N2O. The first-order chi connectivity index (χ1) is 9.90. The van der Waals surface area contributed by atoms with Crippen LogP contribution in [-0.2, 0) is 5.41 Å². The second-order valence-corrected chi connectivity index (χ2v) is 6.32. The average molecular weight is 284 g/mol. The largest absolute Gasteiger partial charge is 0.439 e. The molecule has 0 aliphatic carbocycles. The van der Waals surface area contributed by atoms with Gasteiger partial charge in [-0.2, -0.15) is 0 Å². The molecule has 0 radical (unpaired) electrons. The predicted molar refractivity (Wildman–Crippen MR) is 86.9 cm³/mol. The maximum absolute atomic E-state index is 5.85. The standard InChI is InChI=1S/C18H24N2O/c1-13(19-5)14-9-10-17(20-12-14)21-16-8-6-7-15(11-16)18(2,3)4/h6-13,19H,1-5H3. The highest BCUT2D eigenvalue weighted by molar-refractivity contribution is 5.35. The number of aromatic nitrogens is 1. The third-order valence-corrected chi connectivity index (χ3v) is 3.61. The number of hydrogen-bond acceptors (Lipinski definition) is 3.